The van der Waals surface area contributed by atoms with Crippen molar-refractivity contribution in [3.63, 3.8) is 0 Å². The van der Waals surface area contributed by atoms with Gasteiger partial charge in [-0.05, 0) is 49.5 Å². The van der Waals surface area contributed by atoms with Gasteiger partial charge in [0.1, 0.15) is 15.9 Å². The molecule has 1 aromatic heterocycles. The first-order valence-corrected chi connectivity index (χ1v) is 7.56. The smallest absolute Gasteiger partial charge is 0.408 e. The van der Waals surface area contributed by atoms with Gasteiger partial charge < -0.3 is 15.0 Å². The van der Waals surface area contributed by atoms with E-state index in [-0.39, 0.29) is 11.5 Å². The highest BCUT2D eigenvalue weighted by Gasteiger charge is 2.25. The lowest BCUT2D eigenvalue weighted by Crippen LogP contribution is -2.38. The summed E-state index contributed by atoms with van der Waals surface area (Å²) in [6, 6.07) is -0.431. The highest BCUT2D eigenvalue weighted by molar-refractivity contribution is 9.10. The molecule has 0 saturated heterocycles. The molecule has 0 aliphatic rings. The largest absolute Gasteiger partial charge is 0.444 e. The van der Waals surface area contributed by atoms with Gasteiger partial charge in [0.05, 0.1) is 11.7 Å². The van der Waals surface area contributed by atoms with E-state index in [1.54, 1.807) is 27.7 Å². The van der Waals surface area contributed by atoms with E-state index >= 15 is 0 Å². The van der Waals surface area contributed by atoms with Crippen LogP contribution in [0.1, 0.15) is 52.2 Å². The van der Waals surface area contributed by atoms with Crippen LogP contribution in [0, 0.1) is 12.8 Å². The predicted octanol–water partition coefficient (Wildman–Crippen LogP) is 3.06. The van der Waals surface area contributed by atoms with Crippen LogP contribution < -0.4 is 10.9 Å². The van der Waals surface area contributed by atoms with Crippen LogP contribution in [0.15, 0.2) is 9.27 Å². The second-order valence-electron chi connectivity index (χ2n) is 6.22. The number of halogens is 1. The molecule has 1 amide bonds. The Morgan fingerprint density at radius 2 is 1.95 bits per heavy atom. The fraction of sp³-hybridized carbons (Fsp3) is 0.643. The molecule has 1 rings (SSSR count). The van der Waals surface area contributed by atoms with Gasteiger partial charge in [-0.2, -0.15) is 0 Å². The van der Waals surface area contributed by atoms with Crippen molar-refractivity contribution >= 4 is 22.0 Å². The average Bonchev–Trinajstić information content (AvgIpc) is 2.29. The van der Waals surface area contributed by atoms with Gasteiger partial charge in [0.2, 0.25) is 0 Å². The molecule has 0 radical (unpaired) electrons. The van der Waals surface area contributed by atoms with E-state index in [1.165, 1.54) is 0 Å². The number of aromatic nitrogens is 2. The van der Waals surface area contributed by atoms with E-state index in [0.29, 0.717) is 16.0 Å². The molecule has 1 heterocycles. The molecule has 21 heavy (non-hydrogen) atoms. The molecule has 0 bridgehead atoms. The maximum Gasteiger partial charge on any atom is 0.408 e. The second kappa shape index (κ2) is 6.60. The van der Waals surface area contributed by atoms with Crippen LogP contribution in [0.2, 0.25) is 0 Å². The summed E-state index contributed by atoms with van der Waals surface area (Å²) in [5, 5.41) is 2.75. The molecule has 0 aliphatic heterocycles. The average molecular weight is 360 g/mol. The van der Waals surface area contributed by atoms with Crippen LogP contribution in [0.4, 0.5) is 4.79 Å². The molecule has 2 N–H and O–H groups in total. The number of nitrogens with one attached hydrogen (secondary N) is 2. The molecular weight excluding hydrogens is 338 g/mol. The van der Waals surface area contributed by atoms with Crippen molar-refractivity contribution in [2.75, 3.05) is 0 Å². The number of H-pyrrole nitrogens is 1. The van der Waals surface area contributed by atoms with Gasteiger partial charge in [0.15, 0.2) is 0 Å². The van der Waals surface area contributed by atoms with Gasteiger partial charge in [0, 0.05) is 0 Å². The first-order valence-electron chi connectivity index (χ1n) is 6.77. The lowest BCUT2D eigenvalue weighted by Gasteiger charge is -2.25. The molecule has 1 aromatic rings. The molecule has 1 atom stereocenters. The van der Waals surface area contributed by atoms with E-state index in [2.05, 4.69) is 31.2 Å². The fourth-order valence-electron chi connectivity index (χ4n) is 1.73. The first kappa shape index (κ1) is 17.7. The first-order chi connectivity index (χ1) is 9.51. The van der Waals surface area contributed by atoms with E-state index < -0.39 is 17.7 Å². The van der Waals surface area contributed by atoms with Crippen LogP contribution >= 0.6 is 15.9 Å². The zero-order valence-electron chi connectivity index (χ0n) is 13.2. The predicted molar refractivity (Wildman–Crippen MR) is 84.2 cm³/mol. The molecule has 7 heteroatoms. The van der Waals surface area contributed by atoms with E-state index in [0.717, 1.165) is 0 Å². The quantitative estimate of drug-likeness (QED) is 0.868. The number of carbonyl (C=O) groups is 1. The van der Waals surface area contributed by atoms with Crippen LogP contribution in [0.25, 0.3) is 0 Å². The molecule has 6 nitrogen and oxygen atoms in total. The standard InChI is InChI=1S/C14H22BrN3O3/c1-7(2)10(17-13(20)21-14(4,5)6)11-16-8(3)9(15)12(19)18-11/h7,10H,1-6H3,(H,17,20)(H,16,18,19). The number of ether oxygens (including phenoxy) is 1. The van der Waals surface area contributed by atoms with Crippen LogP contribution in [-0.4, -0.2) is 21.7 Å². The van der Waals surface area contributed by atoms with Crippen molar-refractivity contribution in [3.8, 4) is 0 Å². The number of alkyl carbamates (subject to hydrolysis) is 1. The normalized spacial score (nSPS) is 13.1. The summed E-state index contributed by atoms with van der Waals surface area (Å²) in [5.74, 6) is 0.461. The van der Waals surface area contributed by atoms with Crippen molar-refractivity contribution in [1.82, 2.24) is 15.3 Å². The summed E-state index contributed by atoms with van der Waals surface area (Å²) in [4.78, 5) is 30.8. The maximum atomic E-state index is 11.9. The SMILES string of the molecule is Cc1nc(C(NC(=O)OC(C)(C)C)C(C)C)[nH]c(=O)c1Br. The molecule has 0 saturated carbocycles. The number of nitrogens with zero attached hydrogens (tertiary/aromatic N) is 1. The van der Waals surface area contributed by atoms with E-state index in [9.17, 15) is 9.59 Å². The minimum absolute atomic E-state index is 0.0428. The second-order valence-corrected chi connectivity index (χ2v) is 7.01. The van der Waals surface area contributed by atoms with Gasteiger partial charge in [-0.3, -0.25) is 4.79 Å². The Kier molecular flexibility index (Phi) is 5.55. The van der Waals surface area contributed by atoms with Crippen molar-refractivity contribution in [3.05, 3.63) is 26.3 Å². The third kappa shape index (κ3) is 5.15. The molecule has 0 aromatic carbocycles. The minimum Gasteiger partial charge on any atom is -0.444 e. The number of aromatic amines is 1. The molecule has 0 aliphatic carbocycles. The molecule has 0 spiro atoms. The number of amides is 1. The van der Waals surface area contributed by atoms with Crippen molar-refractivity contribution in [2.24, 2.45) is 5.92 Å². The third-order valence-corrected chi connectivity index (χ3v) is 3.61. The topological polar surface area (TPSA) is 84.1 Å². The maximum absolute atomic E-state index is 11.9. The Hall–Kier alpha value is -1.37. The summed E-state index contributed by atoms with van der Waals surface area (Å²) < 4.78 is 5.64. The number of hydrogen-bond acceptors (Lipinski definition) is 4. The lowest BCUT2D eigenvalue weighted by molar-refractivity contribution is 0.0486. The van der Waals surface area contributed by atoms with Crippen molar-refractivity contribution in [1.29, 1.82) is 0 Å². The van der Waals surface area contributed by atoms with Gasteiger partial charge in [-0.25, -0.2) is 9.78 Å². The number of aryl methyl sites for hydroxylation is 1. The molecule has 1 unspecified atom stereocenters. The summed E-state index contributed by atoms with van der Waals surface area (Å²) in [5.41, 5.74) is -0.276. The highest BCUT2D eigenvalue weighted by Crippen LogP contribution is 2.20. The number of rotatable bonds is 3. The zero-order chi connectivity index (χ0) is 16.4. The Labute approximate surface area is 132 Å². The monoisotopic (exact) mass is 359 g/mol. The zero-order valence-corrected chi connectivity index (χ0v) is 14.8. The minimum atomic E-state index is -0.581. The molecule has 118 valence electrons. The number of hydrogen-bond donors (Lipinski definition) is 2. The van der Waals surface area contributed by atoms with Gasteiger partial charge in [-0.1, -0.05) is 13.8 Å². The van der Waals surface area contributed by atoms with Crippen LogP contribution in [0.3, 0.4) is 0 Å². The van der Waals surface area contributed by atoms with Crippen molar-refractivity contribution < 1.29 is 9.53 Å². The number of carbonyl (C=O) groups excluding carboxylic acids is 1. The van der Waals surface area contributed by atoms with Gasteiger partial charge in [-0.15, -0.1) is 0 Å². The van der Waals surface area contributed by atoms with E-state index in [1.807, 2.05) is 13.8 Å². The molecular formula is C14H22BrN3O3. The van der Waals surface area contributed by atoms with Crippen molar-refractivity contribution in [2.45, 2.75) is 53.2 Å². The summed E-state index contributed by atoms with van der Waals surface area (Å²) in [7, 11) is 0. The molecule has 0 fully saturated rings. The van der Waals surface area contributed by atoms with E-state index in [4.69, 9.17) is 4.74 Å². The van der Waals surface area contributed by atoms with Gasteiger partial charge >= 0.3 is 6.09 Å². The Bertz CT molecular complexity index is 576. The van der Waals surface area contributed by atoms with Gasteiger partial charge in [0.25, 0.3) is 5.56 Å². The highest BCUT2D eigenvalue weighted by atomic mass is 79.9. The summed E-state index contributed by atoms with van der Waals surface area (Å²) in [6.45, 7) is 11.0. The fourth-order valence-corrected chi connectivity index (χ4v) is 1.91. The van der Waals surface area contributed by atoms with Crippen LogP contribution in [0.5, 0.6) is 0 Å². The lowest BCUT2D eigenvalue weighted by atomic mass is 10.0. The summed E-state index contributed by atoms with van der Waals surface area (Å²) >= 11 is 3.17. The van der Waals surface area contributed by atoms with Crippen LogP contribution in [-0.2, 0) is 4.74 Å². The Balaban J connectivity index is 3.03. The Morgan fingerprint density at radius 1 is 1.38 bits per heavy atom. The Morgan fingerprint density at radius 3 is 2.38 bits per heavy atom. The third-order valence-electron chi connectivity index (χ3n) is 2.68. The summed E-state index contributed by atoms with van der Waals surface area (Å²) in [6.07, 6.45) is -0.538.